The third kappa shape index (κ3) is 5.42. The molecular weight excluding hydrogens is 391 g/mol. The molecule has 3 rings (SSSR count). The van der Waals surface area contributed by atoms with Crippen LogP contribution in [0.25, 0.3) is 22.4 Å². The lowest BCUT2D eigenvalue weighted by molar-refractivity contribution is 0.236. The van der Waals surface area contributed by atoms with Crippen molar-refractivity contribution >= 4 is 17.4 Å². The average Bonchev–Trinajstić information content (AvgIpc) is 3.21. The quantitative estimate of drug-likeness (QED) is 0.627. The second kappa shape index (κ2) is 10.1. The highest BCUT2D eigenvalue weighted by atomic mass is 19.1. The number of allylic oxidation sites excluding steroid dienone is 4. The van der Waals surface area contributed by atoms with Crippen LogP contribution in [0.15, 0.2) is 63.9 Å². The van der Waals surface area contributed by atoms with Crippen LogP contribution in [0.3, 0.4) is 0 Å². The minimum Gasteiger partial charge on any atom is -0.337 e. The summed E-state index contributed by atoms with van der Waals surface area (Å²) in [5.74, 6) is 0.430. The Morgan fingerprint density at radius 1 is 1.29 bits per heavy atom. The van der Waals surface area contributed by atoms with Gasteiger partial charge in [-0.3, -0.25) is 10.0 Å². The van der Waals surface area contributed by atoms with Crippen LogP contribution in [0.1, 0.15) is 39.2 Å². The van der Waals surface area contributed by atoms with E-state index in [1.165, 1.54) is 12.1 Å². The topological polar surface area (TPSA) is 69.0 Å². The fourth-order valence-electron chi connectivity index (χ4n) is 3.17. The van der Waals surface area contributed by atoms with Gasteiger partial charge < -0.3 is 4.98 Å². The van der Waals surface area contributed by atoms with E-state index in [0.29, 0.717) is 12.4 Å². The van der Waals surface area contributed by atoms with E-state index < -0.39 is 0 Å². The Kier molecular flexibility index (Phi) is 7.28. The number of rotatable bonds is 5. The maximum Gasteiger partial charge on any atom is 0.139 e. The molecule has 1 aromatic heterocycles. The summed E-state index contributed by atoms with van der Waals surface area (Å²) >= 11 is 0. The highest BCUT2D eigenvalue weighted by Gasteiger charge is 2.18. The van der Waals surface area contributed by atoms with Crippen LogP contribution >= 0.6 is 0 Å². The van der Waals surface area contributed by atoms with E-state index in [9.17, 15) is 4.39 Å². The Bertz CT molecular complexity index is 1040. The van der Waals surface area contributed by atoms with Crippen molar-refractivity contribution < 1.29 is 4.39 Å². The number of aliphatic imine (C=N–C) groups is 1. The van der Waals surface area contributed by atoms with E-state index in [1.807, 2.05) is 37.1 Å². The lowest BCUT2D eigenvalue weighted by atomic mass is 10.0. The van der Waals surface area contributed by atoms with Crippen molar-refractivity contribution in [1.82, 2.24) is 15.0 Å². The van der Waals surface area contributed by atoms with Crippen molar-refractivity contribution in [3.05, 3.63) is 65.9 Å². The summed E-state index contributed by atoms with van der Waals surface area (Å²) < 4.78 is 13.5. The lowest BCUT2D eigenvalue weighted by Crippen LogP contribution is -2.25. The minimum atomic E-state index is -0.278. The molecule has 2 heterocycles. The summed E-state index contributed by atoms with van der Waals surface area (Å²) in [6.45, 7) is 8.72. The molecule has 0 fully saturated rings. The van der Waals surface area contributed by atoms with Crippen molar-refractivity contribution in [1.29, 1.82) is 0 Å². The van der Waals surface area contributed by atoms with Crippen molar-refractivity contribution in [2.45, 2.75) is 39.8 Å². The number of benzene rings is 1. The Hall–Kier alpha value is -3.35. The molecule has 0 amide bonds. The van der Waals surface area contributed by atoms with Crippen LogP contribution in [-0.4, -0.2) is 46.9 Å². The molecule has 1 unspecified atom stereocenters. The average molecular weight is 421 g/mol. The molecule has 0 saturated heterocycles. The van der Waals surface area contributed by atoms with E-state index in [-0.39, 0.29) is 17.9 Å². The van der Waals surface area contributed by atoms with Gasteiger partial charge in [-0.15, -0.1) is 0 Å². The Morgan fingerprint density at radius 3 is 2.68 bits per heavy atom. The molecule has 162 valence electrons. The minimum absolute atomic E-state index is 0.0577. The molecule has 1 aliphatic rings. The number of aromatic amines is 1. The van der Waals surface area contributed by atoms with Gasteiger partial charge in [0.15, 0.2) is 0 Å². The zero-order valence-corrected chi connectivity index (χ0v) is 18.7. The van der Waals surface area contributed by atoms with Crippen LogP contribution in [0.2, 0.25) is 0 Å². The molecule has 0 bridgehead atoms. The highest BCUT2D eigenvalue weighted by molar-refractivity contribution is 6.08. The third-order valence-corrected chi connectivity index (χ3v) is 4.96. The number of hydrogen-bond acceptors (Lipinski definition) is 5. The summed E-state index contributed by atoms with van der Waals surface area (Å²) in [7, 11) is 1.73. The van der Waals surface area contributed by atoms with E-state index in [4.69, 9.17) is 4.98 Å². The van der Waals surface area contributed by atoms with Crippen LogP contribution in [0, 0.1) is 5.82 Å². The van der Waals surface area contributed by atoms with E-state index in [0.717, 1.165) is 28.1 Å². The van der Waals surface area contributed by atoms with Gasteiger partial charge in [-0.1, -0.05) is 29.5 Å². The van der Waals surface area contributed by atoms with E-state index in [1.54, 1.807) is 25.4 Å². The van der Waals surface area contributed by atoms with Crippen molar-refractivity contribution in [2.75, 3.05) is 13.6 Å². The van der Waals surface area contributed by atoms with Crippen LogP contribution in [0.5, 0.6) is 0 Å². The van der Waals surface area contributed by atoms with Gasteiger partial charge in [0.05, 0.1) is 24.0 Å². The zero-order chi connectivity index (χ0) is 22.4. The van der Waals surface area contributed by atoms with Gasteiger partial charge in [-0.05, 0) is 57.5 Å². The molecule has 2 aromatic rings. The van der Waals surface area contributed by atoms with Crippen molar-refractivity contribution in [2.24, 2.45) is 15.3 Å². The van der Waals surface area contributed by atoms with Gasteiger partial charge in [-0.25, -0.2) is 9.37 Å². The highest BCUT2D eigenvalue weighted by Crippen LogP contribution is 2.30. The first-order valence-corrected chi connectivity index (χ1v) is 10.4. The molecule has 1 aromatic carbocycles. The molecule has 0 radical (unpaired) electrons. The Labute approximate surface area is 183 Å². The standard InChI is InChI=1S/C24H29FN6/c1-6-18(15-26-5)24-27-22(19-9-11-21(25)12-10-19)23(28-24)20-8-7-17(4)29-30-31(14-13-20)16(2)3/h6-13,15-17H,14H2,1-5H3,(H,27,28)/b8-7-,18-6+,20-13+,26-15?,30-29?. The van der Waals surface area contributed by atoms with Crippen LogP contribution < -0.4 is 0 Å². The molecule has 0 saturated carbocycles. The number of nitrogens with zero attached hydrogens (tertiary/aromatic N) is 5. The van der Waals surface area contributed by atoms with Gasteiger partial charge >= 0.3 is 0 Å². The monoisotopic (exact) mass is 420 g/mol. The number of hydrogen-bond donors (Lipinski definition) is 1. The first-order valence-electron chi connectivity index (χ1n) is 10.4. The van der Waals surface area contributed by atoms with Crippen LogP contribution in [-0.2, 0) is 0 Å². The predicted molar refractivity (Wildman–Crippen MR) is 125 cm³/mol. The Morgan fingerprint density at radius 2 is 2.03 bits per heavy atom. The molecule has 6 nitrogen and oxygen atoms in total. The number of H-pyrrole nitrogens is 1. The van der Waals surface area contributed by atoms with Gasteiger partial charge in [0.1, 0.15) is 11.6 Å². The SMILES string of the molecule is C/C=C(\C=NC)c1nc(-c2ccc(F)cc2)c(C2=C/CN(C(C)C)N=NC(C)/C=C\2)[nH]1. The van der Waals surface area contributed by atoms with Gasteiger partial charge in [0.2, 0.25) is 0 Å². The fourth-order valence-corrected chi connectivity index (χ4v) is 3.17. The van der Waals surface area contributed by atoms with Gasteiger partial charge in [0, 0.05) is 30.4 Å². The van der Waals surface area contributed by atoms with Gasteiger partial charge in [0.25, 0.3) is 0 Å². The second-order valence-electron chi connectivity index (χ2n) is 7.63. The molecule has 1 aliphatic heterocycles. The summed E-state index contributed by atoms with van der Waals surface area (Å²) in [6, 6.07) is 6.55. The maximum atomic E-state index is 13.5. The van der Waals surface area contributed by atoms with E-state index in [2.05, 4.69) is 40.2 Å². The second-order valence-corrected chi connectivity index (χ2v) is 7.63. The molecule has 1 N–H and O–H groups in total. The summed E-state index contributed by atoms with van der Waals surface area (Å²) in [5.41, 5.74) is 4.31. The number of aromatic nitrogens is 2. The van der Waals surface area contributed by atoms with E-state index >= 15 is 0 Å². The first kappa shape index (κ1) is 22.3. The molecule has 0 spiro atoms. The predicted octanol–water partition coefficient (Wildman–Crippen LogP) is 5.74. The summed E-state index contributed by atoms with van der Waals surface area (Å²) in [5, 5.41) is 10.7. The third-order valence-electron chi connectivity index (χ3n) is 4.96. The zero-order valence-electron chi connectivity index (χ0n) is 18.7. The molecule has 0 aliphatic carbocycles. The molecule has 1 atom stereocenters. The molecule has 7 heteroatoms. The number of halogens is 1. The fraction of sp³-hybridized carbons (Fsp3) is 0.333. The van der Waals surface area contributed by atoms with Crippen molar-refractivity contribution in [3.63, 3.8) is 0 Å². The normalized spacial score (nSPS) is 20.5. The smallest absolute Gasteiger partial charge is 0.139 e. The summed E-state index contributed by atoms with van der Waals surface area (Å²) in [6.07, 6.45) is 9.89. The lowest BCUT2D eigenvalue weighted by Gasteiger charge is -2.20. The van der Waals surface area contributed by atoms with Crippen molar-refractivity contribution in [3.8, 4) is 11.3 Å². The largest absolute Gasteiger partial charge is 0.337 e. The molecular formula is C24H29FN6. The number of nitrogens with one attached hydrogen (secondary N) is 1. The van der Waals surface area contributed by atoms with Crippen LogP contribution in [0.4, 0.5) is 4.39 Å². The summed E-state index contributed by atoms with van der Waals surface area (Å²) in [4.78, 5) is 12.5. The van der Waals surface area contributed by atoms with Gasteiger partial charge in [-0.2, -0.15) is 5.11 Å². The Balaban J connectivity index is 2.16. The number of imidazole rings is 1. The molecule has 31 heavy (non-hydrogen) atoms. The first-order chi connectivity index (χ1) is 14.9. The maximum absolute atomic E-state index is 13.5.